The summed E-state index contributed by atoms with van der Waals surface area (Å²) in [4.78, 5) is 11.4. The van der Waals surface area contributed by atoms with Crippen molar-refractivity contribution in [1.29, 1.82) is 0 Å². The van der Waals surface area contributed by atoms with Gasteiger partial charge >= 0.3 is 0 Å². The van der Waals surface area contributed by atoms with Crippen LogP contribution in [0, 0.1) is 13.8 Å². The van der Waals surface area contributed by atoms with Crippen molar-refractivity contribution in [3.05, 3.63) is 64.7 Å². The van der Waals surface area contributed by atoms with Gasteiger partial charge in [-0.25, -0.2) is 0 Å². The van der Waals surface area contributed by atoms with Crippen molar-refractivity contribution in [3.63, 3.8) is 0 Å². The largest absolute Gasteiger partial charge is 0.356 e. The summed E-state index contributed by atoms with van der Waals surface area (Å²) in [6, 6.07) is 13.8. The molecule has 4 heteroatoms. The number of carbonyl (C=O) groups excluding carboxylic acids is 1. The van der Waals surface area contributed by atoms with Crippen LogP contribution < -0.4 is 10.6 Å². The summed E-state index contributed by atoms with van der Waals surface area (Å²) in [6.07, 6.45) is 0. The molecule has 0 saturated heterocycles. The summed E-state index contributed by atoms with van der Waals surface area (Å²) in [5.74, 6) is 0.0382. The molecule has 0 aliphatic heterocycles. The smallest absolute Gasteiger partial charge is 0.171 e. The fraction of sp³-hybridized carbons (Fsp3) is 0.263. The number of hydrogen-bond acceptors (Lipinski definition) is 2. The lowest BCUT2D eigenvalue weighted by atomic mass is 10.0. The van der Waals surface area contributed by atoms with Crippen LogP contribution in [0.1, 0.15) is 46.9 Å². The minimum absolute atomic E-state index is 0.0382. The third kappa shape index (κ3) is 4.63. The fourth-order valence-corrected chi connectivity index (χ4v) is 2.78. The quantitative estimate of drug-likeness (QED) is 0.639. The monoisotopic (exact) mass is 326 g/mol. The predicted molar refractivity (Wildman–Crippen MR) is 100 cm³/mol. The molecule has 0 spiro atoms. The van der Waals surface area contributed by atoms with Gasteiger partial charge < -0.3 is 10.6 Å². The number of anilines is 1. The van der Waals surface area contributed by atoms with Crippen LogP contribution in [-0.4, -0.2) is 10.9 Å². The molecule has 0 aromatic heterocycles. The van der Waals surface area contributed by atoms with E-state index in [9.17, 15) is 4.79 Å². The first-order valence-corrected chi connectivity index (χ1v) is 8.03. The topological polar surface area (TPSA) is 41.1 Å². The molecule has 0 amide bonds. The maximum atomic E-state index is 11.4. The first-order valence-electron chi connectivity index (χ1n) is 7.62. The molecule has 1 atom stereocenters. The second-order valence-corrected chi connectivity index (χ2v) is 6.23. The number of hydrogen-bond donors (Lipinski definition) is 2. The number of rotatable bonds is 4. The van der Waals surface area contributed by atoms with Crippen LogP contribution in [0.25, 0.3) is 0 Å². The molecule has 2 rings (SSSR count). The number of ketones is 1. The van der Waals surface area contributed by atoms with E-state index >= 15 is 0 Å². The third-order valence-electron chi connectivity index (χ3n) is 3.78. The molecule has 3 nitrogen and oxygen atoms in total. The van der Waals surface area contributed by atoms with Crippen LogP contribution in [0.4, 0.5) is 5.69 Å². The standard InChI is InChI=1S/C19H22N2OS/c1-12-8-9-13(2)18(10-12)14(3)20-19(23)21-17-7-5-6-16(11-17)15(4)22/h5-11,14H,1-4H3,(H2,20,21,23)/t14-/m1/s1. The molecular weight excluding hydrogens is 304 g/mol. The SMILES string of the molecule is CC(=O)c1cccc(NC(=S)N[C@H](C)c2cc(C)ccc2C)c1. The number of carbonyl (C=O) groups is 1. The van der Waals surface area contributed by atoms with E-state index in [1.807, 2.05) is 12.1 Å². The Morgan fingerprint density at radius 1 is 1.13 bits per heavy atom. The lowest BCUT2D eigenvalue weighted by Crippen LogP contribution is -2.31. The fourth-order valence-electron chi connectivity index (χ4n) is 2.48. The summed E-state index contributed by atoms with van der Waals surface area (Å²) < 4.78 is 0. The van der Waals surface area contributed by atoms with E-state index in [1.54, 1.807) is 19.1 Å². The molecule has 0 fully saturated rings. The van der Waals surface area contributed by atoms with Gasteiger partial charge in [0.25, 0.3) is 0 Å². The Morgan fingerprint density at radius 2 is 1.87 bits per heavy atom. The number of nitrogens with one attached hydrogen (secondary N) is 2. The van der Waals surface area contributed by atoms with Crippen molar-refractivity contribution in [1.82, 2.24) is 5.32 Å². The highest BCUT2D eigenvalue weighted by molar-refractivity contribution is 7.80. The second-order valence-electron chi connectivity index (χ2n) is 5.82. The minimum Gasteiger partial charge on any atom is -0.356 e. The molecule has 0 aliphatic rings. The highest BCUT2D eigenvalue weighted by Gasteiger charge is 2.10. The molecule has 0 bridgehead atoms. The Hall–Kier alpha value is -2.20. The van der Waals surface area contributed by atoms with Gasteiger partial charge in [-0.2, -0.15) is 0 Å². The molecule has 2 aromatic carbocycles. The number of aryl methyl sites for hydroxylation is 2. The Balaban J connectivity index is 2.06. The summed E-state index contributed by atoms with van der Waals surface area (Å²) in [6.45, 7) is 7.82. The molecule has 2 N–H and O–H groups in total. The van der Waals surface area contributed by atoms with Crippen LogP contribution >= 0.6 is 12.2 Å². The molecule has 0 radical (unpaired) electrons. The molecule has 0 heterocycles. The van der Waals surface area contributed by atoms with Gasteiger partial charge in [0.05, 0.1) is 6.04 Å². The van der Waals surface area contributed by atoms with Gasteiger partial charge in [0.1, 0.15) is 0 Å². The Morgan fingerprint density at radius 3 is 2.57 bits per heavy atom. The Labute approximate surface area is 143 Å². The van der Waals surface area contributed by atoms with E-state index in [1.165, 1.54) is 16.7 Å². The van der Waals surface area contributed by atoms with Gasteiger partial charge in [-0.3, -0.25) is 4.79 Å². The molecule has 2 aromatic rings. The third-order valence-corrected chi connectivity index (χ3v) is 4.00. The highest BCUT2D eigenvalue weighted by Crippen LogP contribution is 2.19. The van der Waals surface area contributed by atoms with Crippen LogP contribution in [0.3, 0.4) is 0 Å². The summed E-state index contributed by atoms with van der Waals surface area (Å²) in [5, 5.41) is 6.98. The zero-order valence-electron chi connectivity index (χ0n) is 13.9. The molecule has 120 valence electrons. The van der Waals surface area contributed by atoms with E-state index in [4.69, 9.17) is 12.2 Å². The van der Waals surface area contributed by atoms with E-state index < -0.39 is 0 Å². The average molecular weight is 326 g/mol. The van der Waals surface area contributed by atoms with Crippen molar-refractivity contribution in [3.8, 4) is 0 Å². The zero-order valence-corrected chi connectivity index (χ0v) is 14.8. The van der Waals surface area contributed by atoms with Gasteiger partial charge in [-0.05, 0) is 63.2 Å². The molecule has 0 aliphatic carbocycles. The van der Waals surface area contributed by atoms with Crippen LogP contribution in [-0.2, 0) is 0 Å². The first-order chi connectivity index (χ1) is 10.9. The van der Waals surface area contributed by atoms with Crippen molar-refractivity contribution in [2.24, 2.45) is 0 Å². The average Bonchev–Trinajstić information content (AvgIpc) is 2.49. The maximum absolute atomic E-state index is 11.4. The summed E-state index contributed by atoms with van der Waals surface area (Å²) in [5.41, 5.74) is 5.17. The van der Waals surface area contributed by atoms with Crippen molar-refractivity contribution >= 4 is 28.8 Å². The second kappa shape index (κ2) is 7.38. The van der Waals surface area contributed by atoms with E-state index in [2.05, 4.69) is 49.6 Å². The zero-order chi connectivity index (χ0) is 17.0. The van der Waals surface area contributed by atoms with Gasteiger partial charge in [0, 0.05) is 11.3 Å². The molecule has 23 heavy (non-hydrogen) atoms. The maximum Gasteiger partial charge on any atom is 0.171 e. The number of benzene rings is 2. The normalized spacial score (nSPS) is 11.7. The van der Waals surface area contributed by atoms with Gasteiger partial charge in [0.15, 0.2) is 10.9 Å². The Kier molecular flexibility index (Phi) is 5.50. The van der Waals surface area contributed by atoms with Crippen molar-refractivity contribution in [2.75, 3.05) is 5.32 Å². The minimum atomic E-state index is 0.0382. The summed E-state index contributed by atoms with van der Waals surface area (Å²) >= 11 is 5.39. The van der Waals surface area contributed by atoms with Crippen molar-refractivity contribution in [2.45, 2.75) is 33.7 Å². The van der Waals surface area contributed by atoms with E-state index in [-0.39, 0.29) is 11.8 Å². The highest BCUT2D eigenvalue weighted by atomic mass is 32.1. The van der Waals surface area contributed by atoms with Gasteiger partial charge in [-0.1, -0.05) is 35.9 Å². The lowest BCUT2D eigenvalue weighted by Gasteiger charge is -2.20. The van der Waals surface area contributed by atoms with Crippen LogP contribution in [0.2, 0.25) is 0 Å². The lowest BCUT2D eigenvalue weighted by molar-refractivity contribution is 0.101. The number of Topliss-reactive ketones (excluding diaryl/α,β-unsaturated/α-hetero) is 1. The van der Waals surface area contributed by atoms with Crippen molar-refractivity contribution < 1.29 is 4.79 Å². The van der Waals surface area contributed by atoms with E-state index in [0.717, 1.165) is 5.69 Å². The molecular formula is C19H22N2OS. The van der Waals surface area contributed by atoms with Crippen LogP contribution in [0.5, 0.6) is 0 Å². The molecule has 0 saturated carbocycles. The number of thiocarbonyl (C=S) groups is 1. The molecule has 0 unspecified atom stereocenters. The predicted octanol–water partition coefficient (Wildman–Crippen LogP) is 4.55. The van der Waals surface area contributed by atoms with Gasteiger partial charge in [0.2, 0.25) is 0 Å². The van der Waals surface area contributed by atoms with E-state index in [0.29, 0.717) is 10.7 Å². The van der Waals surface area contributed by atoms with Crippen LogP contribution in [0.15, 0.2) is 42.5 Å². The first kappa shape index (κ1) is 17.2. The Bertz CT molecular complexity index is 740. The summed E-state index contributed by atoms with van der Waals surface area (Å²) in [7, 11) is 0. The van der Waals surface area contributed by atoms with Gasteiger partial charge in [-0.15, -0.1) is 0 Å².